The summed E-state index contributed by atoms with van der Waals surface area (Å²) in [5.41, 5.74) is 6.74. The topological polar surface area (TPSA) is 47.7 Å². The maximum Gasteiger partial charge on any atom is 0.119 e. The first kappa shape index (κ1) is 14.8. The van der Waals surface area contributed by atoms with Gasteiger partial charge in [-0.1, -0.05) is 0 Å². The fraction of sp³-hybridized carbons (Fsp3) is 0.571. The van der Waals surface area contributed by atoms with E-state index in [-0.39, 0.29) is 0 Å². The van der Waals surface area contributed by atoms with Gasteiger partial charge in [0, 0.05) is 19.8 Å². The Morgan fingerprint density at radius 3 is 2.39 bits per heavy atom. The molecule has 0 bridgehead atoms. The minimum atomic E-state index is 0.354. The molecule has 0 aliphatic rings. The summed E-state index contributed by atoms with van der Waals surface area (Å²) >= 11 is 0. The van der Waals surface area contributed by atoms with Crippen molar-refractivity contribution >= 4 is 5.69 Å². The predicted octanol–water partition coefficient (Wildman–Crippen LogP) is 1.89. The number of hydrogen-bond donors (Lipinski definition) is 1. The summed E-state index contributed by atoms with van der Waals surface area (Å²) in [7, 11) is 5.49. The smallest absolute Gasteiger partial charge is 0.119 e. The molecule has 2 N–H and O–H groups in total. The summed E-state index contributed by atoms with van der Waals surface area (Å²) in [6.45, 7) is 1.43. The van der Waals surface area contributed by atoms with E-state index in [1.54, 1.807) is 14.2 Å². The summed E-state index contributed by atoms with van der Waals surface area (Å²) in [5, 5.41) is 0. The van der Waals surface area contributed by atoms with Gasteiger partial charge in [0.1, 0.15) is 5.75 Å². The molecule has 0 amide bonds. The number of anilines is 1. The van der Waals surface area contributed by atoms with Crippen LogP contribution in [0.2, 0.25) is 0 Å². The van der Waals surface area contributed by atoms with Gasteiger partial charge < -0.3 is 20.1 Å². The zero-order valence-electron chi connectivity index (χ0n) is 11.6. The molecule has 0 saturated carbocycles. The minimum Gasteiger partial charge on any atom is -0.497 e. The van der Waals surface area contributed by atoms with E-state index in [9.17, 15) is 0 Å². The van der Waals surface area contributed by atoms with Crippen molar-refractivity contribution in [1.82, 2.24) is 0 Å². The third kappa shape index (κ3) is 4.20. The molecule has 0 heterocycles. The molecule has 0 aliphatic heterocycles. The lowest BCUT2D eigenvalue weighted by molar-refractivity contribution is 0.174. The fourth-order valence-corrected chi connectivity index (χ4v) is 1.96. The van der Waals surface area contributed by atoms with Gasteiger partial charge in [-0.3, -0.25) is 0 Å². The fourth-order valence-electron chi connectivity index (χ4n) is 1.96. The molecule has 0 saturated heterocycles. The summed E-state index contributed by atoms with van der Waals surface area (Å²) in [6.07, 6.45) is 2.04. The van der Waals surface area contributed by atoms with Crippen molar-refractivity contribution in [2.75, 3.05) is 39.3 Å². The second-order valence-corrected chi connectivity index (χ2v) is 4.35. The van der Waals surface area contributed by atoms with E-state index in [4.69, 9.17) is 15.2 Å². The molecule has 1 unspecified atom stereocenters. The lowest BCUT2D eigenvalue weighted by Crippen LogP contribution is -2.35. The average molecular weight is 252 g/mol. The number of methoxy groups -OCH3 is 2. The molecule has 4 heteroatoms. The zero-order valence-corrected chi connectivity index (χ0v) is 11.6. The van der Waals surface area contributed by atoms with E-state index >= 15 is 0 Å². The zero-order chi connectivity index (χ0) is 13.4. The standard InChI is InChI=1S/C14H24N2O2/c1-16(13(11-17-2)5-4-10-15)12-6-8-14(18-3)9-7-12/h6-9,13H,4-5,10-11,15H2,1-3H3. The van der Waals surface area contributed by atoms with Gasteiger partial charge in [-0.15, -0.1) is 0 Å². The summed E-state index contributed by atoms with van der Waals surface area (Å²) < 4.78 is 10.4. The van der Waals surface area contributed by atoms with Crippen molar-refractivity contribution in [3.8, 4) is 5.75 Å². The Labute approximate surface area is 110 Å². The van der Waals surface area contributed by atoms with Gasteiger partial charge in [0.05, 0.1) is 19.8 Å². The highest BCUT2D eigenvalue weighted by atomic mass is 16.5. The van der Waals surface area contributed by atoms with Crippen LogP contribution in [-0.2, 0) is 4.74 Å². The van der Waals surface area contributed by atoms with E-state index < -0.39 is 0 Å². The van der Waals surface area contributed by atoms with Crippen LogP contribution in [0.3, 0.4) is 0 Å². The summed E-state index contributed by atoms with van der Waals surface area (Å²) in [4.78, 5) is 2.23. The first-order valence-electron chi connectivity index (χ1n) is 6.28. The van der Waals surface area contributed by atoms with Gasteiger partial charge in [-0.05, 0) is 43.7 Å². The SMILES string of the molecule is COCC(CCCN)N(C)c1ccc(OC)cc1. The number of nitrogens with zero attached hydrogens (tertiary/aromatic N) is 1. The van der Waals surface area contributed by atoms with Gasteiger partial charge in [-0.2, -0.15) is 0 Å². The average Bonchev–Trinajstić information content (AvgIpc) is 2.43. The van der Waals surface area contributed by atoms with E-state index in [2.05, 4.69) is 24.1 Å². The number of likely N-dealkylation sites (N-methyl/N-ethyl adjacent to an activating group) is 1. The van der Waals surface area contributed by atoms with E-state index in [1.165, 1.54) is 0 Å². The van der Waals surface area contributed by atoms with Crippen molar-refractivity contribution in [2.45, 2.75) is 18.9 Å². The molecule has 1 atom stereocenters. The predicted molar refractivity (Wildman–Crippen MR) is 75.3 cm³/mol. The maximum atomic E-state index is 5.57. The number of rotatable bonds is 8. The molecule has 0 fully saturated rings. The second kappa shape index (κ2) is 7.95. The Kier molecular flexibility index (Phi) is 6.54. The lowest BCUT2D eigenvalue weighted by Gasteiger charge is -2.29. The third-order valence-electron chi connectivity index (χ3n) is 3.13. The molecule has 1 aromatic rings. The first-order valence-corrected chi connectivity index (χ1v) is 6.28. The monoisotopic (exact) mass is 252 g/mol. The molecule has 0 radical (unpaired) electrons. The van der Waals surface area contributed by atoms with E-state index in [1.807, 2.05) is 12.1 Å². The van der Waals surface area contributed by atoms with Crippen LogP contribution in [0, 0.1) is 0 Å². The Hall–Kier alpha value is -1.26. The second-order valence-electron chi connectivity index (χ2n) is 4.35. The molecule has 0 aromatic heterocycles. The Balaban J connectivity index is 2.70. The van der Waals surface area contributed by atoms with Gasteiger partial charge in [0.15, 0.2) is 0 Å². The van der Waals surface area contributed by atoms with Gasteiger partial charge in [-0.25, -0.2) is 0 Å². The molecular formula is C14H24N2O2. The highest BCUT2D eigenvalue weighted by molar-refractivity contribution is 5.49. The number of nitrogens with two attached hydrogens (primary N) is 1. The number of hydrogen-bond acceptors (Lipinski definition) is 4. The number of benzene rings is 1. The largest absolute Gasteiger partial charge is 0.497 e. The highest BCUT2D eigenvalue weighted by Crippen LogP contribution is 2.21. The van der Waals surface area contributed by atoms with Crippen molar-refractivity contribution in [3.05, 3.63) is 24.3 Å². The molecule has 0 aliphatic carbocycles. The maximum absolute atomic E-state index is 5.57. The van der Waals surface area contributed by atoms with Crippen LogP contribution in [0.15, 0.2) is 24.3 Å². The molecule has 1 aromatic carbocycles. The Morgan fingerprint density at radius 2 is 1.89 bits per heavy atom. The van der Waals surface area contributed by atoms with Crippen LogP contribution < -0.4 is 15.4 Å². The summed E-state index contributed by atoms with van der Waals surface area (Å²) in [6, 6.07) is 8.41. The van der Waals surface area contributed by atoms with Crippen LogP contribution in [0.4, 0.5) is 5.69 Å². The van der Waals surface area contributed by atoms with Crippen LogP contribution in [0.5, 0.6) is 5.75 Å². The molecule has 102 valence electrons. The van der Waals surface area contributed by atoms with Crippen molar-refractivity contribution < 1.29 is 9.47 Å². The van der Waals surface area contributed by atoms with Gasteiger partial charge in [0.2, 0.25) is 0 Å². The normalized spacial score (nSPS) is 12.2. The molecule has 18 heavy (non-hydrogen) atoms. The molecular weight excluding hydrogens is 228 g/mol. The van der Waals surface area contributed by atoms with E-state index in [0.717, 1.165) is 30.8 Å². The summed E-state index contributed by atoms with van der Waals surface area (Å²) in [5.74, 6) is 0.873. The van der Waals surface area contributed by atoms with Gasteiger partial charge >= 0.3 is 0 Å². The van der Waals surface area contributed by atoms with Crippen LogP contribution >= 0.6 is 0 Å². The molecule has 0 spiro atoms. The van der Waals surface area contributed by atoms with E-state index in [0.29, 0.717) is 12.6 Å². The Morgan fingerprint density at radius 1 is 1.22 bits per heavy atom. The molecule has 4 nitrogen and oxygen atoms in total. The van der Waals surface area contributed by atoms with Gasteiger partial charge in [0.25, 0.3) is 0 Å². The van der Waals surface area contributed by atoms with Crippen LogP contribution in [0.25, 0.3) is 0 Å². The quantitative estimate of drug-likeness (QED) is 0.767. The lowest BCUT2D eigenvalue weighted by atomic mass is 10.1. The van der Waals surface area contributed by atoms with Crippen LogP contribution in [0.1, 0.15) is 12.8 Å². The van der Waals surface area contributed by atoms with Crippen molar-refractivity contribution in [2.24, 2.45) is 5.73 Å². The highest BCUT2D eigenvalue weighted by Gasteiger charge is 2.14. The van der Waals surface area contributed by atoms with Crippen molar-refractivity contribution in [1.29, 1.82) is 0 Å². The number of ether oxygens (including phenoxy) is 2. The molecule has 1 rings (SSSR count). The third-order valence-corrected chi connectivity index (χ3v) is 3.13. The minimum absolute atomic E-state index is 0.354. The Bertz CT molecular complexity index is 327. The van der Waals surface area contributed by atoms with Crippen LogP contribution in [-0.4, -0.2) is 40.5 Å². The first-order chi connectivity index (χ1) is 8.72. The van der Waals surface area contributed by atoms with Crippen molar-refractivity contribution in [3.63, 3.8) is 0 Å².